The Balaban J connectivity index is 1.56. The van der Waals surface area contributed by atoms with Gasteiger partial charge in [0.2, 0.25) is 5.89 Å². The van der Waals surface area contributed by atoms with E-state index in [-0.39, 0.29) is 11.0 Å². The molecule has 0 bridgehead atoms. The van der Waals surface area contributed by atoms with Crippen molar-refractivity contribution < 1.29 is 18.7 Å². The number of fused-ring (bicyclic) bond motifs is 1. The zero-order valence-electron chi connectivity index (χ0n) is 19.0. The number of thiocarbonyl (C=S) groups is 1. The van der Waals surface area contributed by atoms with Crippen molar-refractivity contribution in [2.75, 3.05) is 19.5 Å². The predicted octanol–water partition coefficient (Wildman–Crippen LogP) is 6.02. The Morgan fingerprint density at radius 1 is 1.00 bits per heavy atom. The highest BCUT2D eigenvalue weighted by atomic mass is 79.9. The molecule has 0 aliphatic heterocycles. The maximum absolute atomic E-state index is 12.6. The molecule has 1 aromatic heterocycles. The summed E-state index contributed by atoms with van der Waals surface area (Å²) in [6.07, 6.45) is 0. The average molecular weight is 540 g/mol. The van der Waals surface area contributed by atoms with Gasteiger partial charge in [-0.3, -0.25) is 10.1 Å². The van der Waals surface area contributed by atoms with Crippen LogP contribution in [0.1, 0.15) is 21.5 Å². The van der Waals surface area contributed by atoms with Gasteiger partial charge >= 0.3 is 0 Å². The molecule has 1 amide bonds. The molecule has 0 saturated heterocycles. The number of nitrogens with zero attached hydrogens (tertiary/aromatic N) is 1. The molecule has 0 aliphatic carbocycles. The van der Waals surface area contributed by atoms with Gasteiger partial charge in [0.05, 0.1) is 24.4 Å². The maximum atomic E-state index is 12.6. The summed E-state index contributed by atoms with van der Waals surface area (Å²) >= 11 is 8.75. The lowest BCUT2D eigenvalue weighted by atomic mass is 10.1. The smallest absolute Gasteiger partial charge is 0.257 e. The van der Waals surface area contributed by atoms with Gasteiger partial charge in [0, 0.05) is 11.1 Å². The number of aryl methyl sites for hydroxylation is 2. The summed E-state index contributed by atoms with van der Waals surface area (Å²) in [5.41, 5.74) is 5.52. The number of hydrogen-bond acceptors (Lipinski definition) is 6. The molecule has 0 atom stereocenters. The summed E-state index contributed by atoms with van der Waals surface area (Å²) in [4.78, 5) is 17.3. The Morgan fingerprint density at radius 3 is 2.41 bits per heavy atom. The number of aromatic nitrogens is 1. The number of hydrogen-bond donors (Lipinski definition) is 2. The first-order valence-corrected chi connectivity index (χ1v) is 11.5. The van der Waals surface area contributed by atoms with Crippen molar-refractivity contribution in [3.63, 3.8) is 0 Å². The largest absolute Gasteiger partial charge is 0.496 e. The highest BCUT2D eigenvalue weighted by Crippen LogP contribution is 2.32. The van der Waals surface area contributed by atoms with Gasteiger partial charge in [0.25, 0.3) is 5.91 Å². The predicted molar refractivity (Wildman–Crippen MR) is 140 cm³/mol. The van der Waals surface area contributed by atoms with E-state index in [0.717, 1.165) is 27.8 Å². The first-order valence-electron chi connectivity index (χ1n) is 10.3. The maximum Gasteiger partial charge on any atom is 0.257 e. The van der Waals surface area contributed by atoms with E-state index in [9.17, 15) is 4.79 Å². The molecule has 4 aromatic rings. The number of benzene rings is 3. The van der Waals surface area contributed by atoms with E-state index in [0.29, 0.717) is 33.1 Å². The first kappa shape index (κ1) is 23.7. The fraction of sp³-hybridized carbons (Fsp3) is 0.160. The number of carbonyl (C=O) groups excluding carboxylic acids is 1. The zero-order valence-corrected chi connectivity index (χ0v) is 21.4. The third-order valence-corrected chi connectivity index (χ3v) is 6.16. The van der Waals surface area contributed by atoms with Crippen LogP contribution in [0.4, 0.5) is 5.69 Å². The van der Waals surface area contributed by atoms with Crippen LogP contribution in [0.5, 0.6) is 11.5 Å². The van der Waals surface area contributed by atoms with Gasteiger partial charge < -0.3 is 19.2 Å². The van der Waals surface area contributed by atoms with Crippen molar-refractivity contribution in [2.24, 2.45) is 0 Å². The summed E-state index contributed by atoms with van der Waals surface area (Å²) in [5, 5.41) is 5.83. The molecule has 0 radical (unpaired) electrons. The number of rotatable bonds is 5. The van der Waals surface area contributed by atoms with Gasteiger partial charge in [0.15, 0.2) is 10.7 Å². The number of amides is 1. The van der Waals surface area contributed by atoms with Gasteiger partial charge in [0.1, 0.15) is 17.0 Å². The minimum absolute atomic E-state index is 0.121. The Labute approximate surface area is 210 Å². The van der Waals surface area contributed by atoms with E-state index < -0.39 is 0 Å². The van der Waals surface area contributed by atoms with Gasteiger partial charge in [-0.1, -0.05) is 0 Å². The summed E-state index contributed by atoms with van der Waals surface area (Å²) in [5.74, 6) is 1.29. The summed E-state index contributed by atoms with van der Waals surface area (Å²) in [7, 11) is 3.12. The SMILES string of the molecule is COc1ccc(C(=O)NC(=S)Nc2cc(-c3nc4cc(C)c(C)cc4o3)ccc2OC)cc1Br. The number of nitrogens with one attached hydrogen (secondary N) is 2. The highest BCUT2D eigenvalue weighted by Gasteiger charge is 2.15. The number of anilines is 1. The molecule has 0 saturated carbocycles. The number of ether oxygens (including phenoxy) is 2. The molecular formula is C25H22BrN3O4S. The van der Waals surface area contributed by atoms with Gasteiger partial charge in [-0.25, -0.2) is 4.98 Å². The van der Waals surface area contributed by atoms with Crippen molar-refractivity contribution in [2.45, 2.75) is 13.8 Å². The second-order valence-electron chi connectivity index (χ2n) is 7.60. The monoisotopic (exact) mass is 539 g/mol. The fourth-order valence-electron chi connectivity index (χ4n) is 3.38. The van der Waals surface area contributed by atoms with Crippen molar-refractivity contribution >= 4 is 56.0 Å². The minimum Gasteiger partial charge on any atom is -0.496 e. The fourth-order valence-corrected chi connectivity index (χ4v) is 4.12. The van der Waals surface area contributed by atoms with Gasteiger partial charge in [-0.05, 0) is 102 Å². The van der Waals surface area contributed by atoms with Crippen LogP contribution in [0.2, 0.25) is 0 Å². The second kappa shape index (κ2) is 9.82. The number of carbonyl (C=O) groups is 1. The molecule has 9 heteroatoms. The molecule has 34 heavy (non-hydrogen) atoms. The van der Waals surface area contributed by atoms with Crippen LogP contribution in [0.25, 0.3) is 22.6 Å². The van der Waals surface area contributed by atoms with Crippen LogP contribution in [-0.2, 0) is 0 Å². The molecule has 174 valence electrons. The van der Waals surface area contributed by atoms with Crippen LogP contribution < -0.4 is 20.1 Å². The molecule has 1 heterocycles. The van der Waals surface area contributed by atoms with Crippen molar-refractivity contribution in [3.05, 3.63) is 69.7 Å². The second-order valence-corrected chi connectivity index (χ2v) is 8.86. The van der Waals surface area contributed by atoms with Crippen LogP contribution in [0, 0.1) is 13.8 Å². The third kappa shape index (κ3) is 4.90. The van der Waals surface area contributed by atoms with E-state index in [1.807, 2.05) is 38.1 Å². The average Bonchev–Trinajstić information content (AvgIpc) is 3.21. The normalized spacial score (nSPS) is 10.7. The molecule has 4 rings (SSSR count). The number of halogens is 1. The summed E-state index contributed by atoms with van der Waals surface area (Å²) in [6, 6.07) is 14.4. The lowest BCUT2D eigenvalue weighted by Crippen LogP contribution is -2.34. The lowest BCUT2D eigenvalue weighted by Gasteiger charge is -2.14. The van der Waals surface area contributed by atoms with Crippen molar-refractivity contribution in [1.29, 1.82) is 0 Å². The molecule has 0 fully saturated rings. The Bertz CT molecular complexity index is 1380. The lowest BCUT2D eigenvalue weighted by molar-refractivity contribution is 0.0977. The standard InChI is InChI=1S/C25H22BrN3O4S/c1-13-9-18-22(10-14(13)2)33-24(27-18)16-6-8-21(32-4)19(12-16)28-25(34)29-23(30)15-5-7-20(31-3)17(26)11-15/h5-12H,1-4H3,(H2,28,29,30,34). The van der Waals surface area contributed by atoms with E-state index in [4.69, 9.17) is 26.1 Å². The molecule has 7 nitrogen and oxygen atoms in total. The number of oxazole rings is 1. The number of methoxy groups -OCH3 is 2. The molecule has 2 N–H and O–H groups in total. The quantitative estimate of drug-likeness (QED) is 0.300. The van der Waals surface area contributed by atoms with Crippen molar-refractivity contribution in [1.82, 2.24) is 10.3 Å². The topological polar surface area (TPSA) is 85.6 Å². The van der Waals surface area contributed by atoms with Gasteiger partial charge in [-0.2, -0.15) is 0 Å². The molecule has 0 aliphatic rings. The van der Waals surface area contributed by atoms with E-state index in [1.165, 1.54) is 0 Å². The van der Waals surface area contributed by atoms with E-state index in [1.54, 1.807) is 38.5 Å². The van der Waals surface area contributed by atoms with Crippen LogP contribution in [-0.4, -0.2) is 30.2 Å². The third-order valence-electron chi connectivity index (χ3n) is 5.34. The van der Waals surface area contributed by atoms with E-state index >= 15 is 0 Å². The molecule has 0 spiro atoms. The van der Waals surface area contributed by atoms with Gasteiger partial charge in [-0.15, -0.1) is 0 Å². The Kier molecular flexibility index (Phi) is 6.85. The molecule has 3 aromatic carbocycles. The van der Waals surface area contributed by atoms with Crippen LogP contribution >= 0.6 is 28.1 Å². The Hall–Kier alpha value is -3.43. The van der Waals surface area contributed by atoms with E-state index in [2.05, 4.69) is 31.5 Å². The Morgan fingerprint density at radius 2 is 1.71 bits per heavy atom. The van der Waals surface area contributed by atoms with Crippen LogP contribution in [0.15, 0.2) is 57.4 Å². The summed E-state index contributed by atoms with van der Waals surface area (Å²) in [6.45, 7) is 4.07. The zero-order chi connectivity index (χ0) is 24.4. The first-order chi connectivity index (χ1) is 16.3. The highest BCUT2D eigenvalue weighted by molar-refractivity contribution is 9.10. The minimum atomic E-state index is -0.360. The van der Waals surface area contributed by atoms with Crippen LogP contribution in [0.3, 0.4) is 0 Å². The van der Waals surface area contributed by atoms with Crippen molar-refractivity contribution in [3.8, 4) is 23.0 Å². The molecular weight excluding hydrogens is 518 g/mol. The molecule has 0 unspecified atom stereocenters. The summed E-state index contributed by atoms with van der Waals surface area (Å²) < 4.78 is 17.3.